The minimum absolute atomic E-state index is 0.0411. The molecule has 0 spiro atoms. The number of H-pyrrole nitrogens is 1. The fraction of sp³-hybridized carbons (Fsp3) is 0.263. The summed E-state index contributed by atoms with van der Waals surface area (Å²) in [6, 6.07) is 15.5. The van der Waals surface area contributed by atoms with Gasteiger partial charge >= 0.3 is 0 Å². The molecule has 0 radical (unpaired) electrons. The van der Waals surface area contributed by atoms with Crippen molar-refractivity contribution in [3.05, 3.63) is 64.9 Å². The van der Waals surface area contributed by atoms with E-state index in [1.807, 2.05) is 55.6 Å². The number of hydrazine groups is 1. The van der Waals surface area contributed by atoms with Crippen LogP contribution in [-0.2, 0) is 11.3 Å². The molecule has 2 aromatic carbocycles. The average molecular weight is 370 g/mol. The third-order valence-electron chi connectivity index (χ3n) is 4.71. The molecule has 6 nitrogen and oxygen atoms in total. The van der Waals surface area contributed by atoms with Crippen molar-refractivity contribution in [2.24, 2.45) is 5.92 Å². The van der Waals surface area contributed by atoms with Gasteiger partial charge in [-0.1, -0.05) is 41.9 Å². The van der Waals surface area contributed by atoms with Crippen molar-refractivity contribution in [3.63, 3.8) is 0 Å². The molecule has 1 aliphatic heterocycles. The Morgan fingerprint density at radius 3 is 2.88 bits per heavy atom. The SMILES string of the molecule is CN(Cc1nc2ccc(Cl)cc2[nH]1)C(=O)C1CNNC1c1ccccc1. The van der Waals surface area contributed by atoms with Gasteiger partial charge in [-0.05, 0) is 23.8 Å². The van der Waals surface area contributed by atoms with Gasteiger partial charge in [-0.15, -0.1) is 0 Å². The highest BCUT2D eigenvalue weighted by Crippen LogP contribution is 2.26. The molecular formula is C19H20ClN5O. The van der Waals surface area contributed by atoms with Gasteiger partial charge in [0, 0.05) is 18.6 Å². The summed E-state index contributed by atoms with van der Waals surface area (Å²) in [5.41, 5.74) is 9.15. The van der Waals surface area contributed by atoms with E-state index in [1.165, 1.54) is 0 Å². The molecule has 1 fully saturated rings. The van der Waals surface area contributed by atoms with Crippen molar-refractivity contribution >= 4 is 28.5 Å². The van der Waals surface area contributed by atoms with Gasteiger partial charge in [-0.3, -0.25) is 10.2 Å². The van der Waals surface area contributed by atoms with Crippen LogP contribution in [0.15, 0.2) is 48.5 Å². The van der Waals surface area contributed by atoms with E-state index >= 15 is 0 Å². The molecule has 2 unspecified atom stereocenters. The van der Waals surface area contributed by atoms with Gasteiger partial charge in [0.1, 0.15) is 5.82 Å². The molecule has 1 amide bonds. The third kappa shape index (κ3) is 3.31. The van der Waals surface area contributed by atoms with Gasteiger partial charge < -0.3 is 9.88 Å². The quantitative estimate of drug-likeness (QED) is 0.661. The largest absolute Gasteiger partial charge is 0.340 e. The molecule has 2 heterocycles. The second-order valence-electron chi connectivity index (χ2n) is 6.56. The molecule has 3 aromatic rings. The first-order chi connectivity index (χ1) is 12.6. The number of nitrogens with one attached hydrogen (secondary N) is 3. The fourth-order valence-electron chi connectivity index (χ4n) is 3.40. The number of hydrogen-bond acceptors (Lipinski definition) is 4. The normalized spacial score (nSPS) is 19.8. The summed E-state index contributed by atoms with van der Waals surface area (Å²) in [6.45, 7) is 1.02. The van der Waals surface area contributed by atoms with E-state index in [0.29, 0.717) is 18.1 Å². The van der Waals surface area contributed by atoms with Crippen LogP contribution in [0.3, 0.4) is 0 Å². The first-order valence-corrected chi connectivity index (χ1v) is 8.92. The van der Waals surface area contributed by atoms with Gasteiger partial charge in [-0.25, -0.2) is 10.4 Å². The molecule has 7 heteroatoms. The molecular weight excluding hydrogens is 350 g/mol. The molecule has 2 atom stereocenters. The van der Waals surface area contributed by atoms with Crippen LogP contribution in [0.2, 0.25) is 5.02 Å². The van der Waals surface area contributed by atoms with Crippen LogP contribution >= 0.6 is 11.6 Å². The first-order valence-electron chi connectivity index (χ1n) is 8.54. The van der Waals surface area contributed by atoms with Gasteiger partial charge in [0.05, 0.1) is 29.5 Å². The van der Waals surface area contributed by atoms with E-state index in [2.05, 4.69) is 20.8 Å². The Morgan fingerprint density at radius 2 is 2.08 bits per heavy atom. The molecule has 1 saturated heterocycles. The van der Waals surface area contributed by atoms with Gasteiger partial charge in [-0.2, -0.15) is 0 Å². The number of imidazole rings is 1. The number of aromatic amines is 1. The Bertz CT molecular complexity index is 926. The van der Waals surface area contributed by atoms with Crippen LogP contribution in [0.25, 0.3) is 11.0 Å². The molecule has 4 rings (SSSR count). The molecule has 0 saturated carbocycles. The maximum Gasteiger partial charge on any atom is 0.229 e. The number of carbonyl (C=O) groups excluding carboxylic acids is 1. The Kier molecular flexibility index (Phi) is 4.63. The van der Waals surface area contributed by atoms with Crippen LogP contribution in [0.4, 0.5) is 0 Å². The molecule has 26 heavy (non-hydrogen) atoms. The second kappa shape index (κ2) is 7.07. The summed E-state index contributed by atoms with van der Waals surface area (Å²) in [5.74, 6) is 0.657. The van der Waals surface area contributed by atoms with Crippen molar-refractivity contribution in [1.82, 2.24) is 25.7 Å². The number of fused-ring (bicyclic) bond motifs is 1. The molecule has 1 aliphatic rings. The zero-order chi connectivity index (χ0) is 18.1. The van der Waals surface area contributed by atoms with Crippen molar-refractivity contribution < 1.29 is 4.79 Å². The predicted molar refractivity (Wildman–Crippen MR) is 101 cm³/mol. The van der Waals surface area contributed by atoms with Crippen LogP contribution < -0.4 is 10.9 Å². The van der Waals surface area contributed by atoms with Gasteiger partial charge in [0.25, 0.3) is 0 Å². The van der Waals surface area contributed by atoms with E-state index in [1.54, 1.807) is 4.90 Å². The van der Waals surface area contributed by atoms with E-state index in [9.17, 15) is 4.79 Å². The minimum atomic E-state index is -0.166. The number of halogens is 1. The Labute approximate surface area is 156 Å². The lowest BCUT2D eigenvalue weighted by Crippen LogP contribution is -2.36. The number of amides is 1. The highest BCUT2D eigenvalue weighted by Gasteiger charge is 2.35. The van der Waals surface area contributed by atoms with Crippen molar-refractivity contribution in [2.75, 3.05) is 13.6 Å². The standard InChI is InChI=1S/C19H20ClN5O/c1-25(11-17-22-15-8-7-13(20)9-16(15)23-17)19(26)14-10-21-24-18(14)12-5-3-2-4-6-12/h2-9,14,18,21,24H,10-11H2,1H3,(H,22,23). The van der Waals surface area contributed by atoms with E-state index in [4.69, 9.17) is 11.6 Å². The number of aromatic nitrogens is 2. The highest BCUT2D eigenvalue weighted by atomic mass is 35.5. The van der Waals surface area contributed by atoms with Crippen LogP contribution in [0.1, 0.15) is 17.4 Å². The zero-order valence-electron chi connectivity index (χ0n) is 14.4. The van der Waals surface area contributed by atoms with E-state index in [-0.39, 0.29) is 17.9 Å². The molecule has 0 aliphatic carbocycles. The fourth-order valence-corrected chi connectivity index (χ4v) is 3.57. The number of rotatable bonds is 4. The van der Waals surface area contributed by atoms with Crippen molar-refractivity contribution in [2.45, 2.75) is 12.6 Å². The number of carbonyl (C=O) groups is 1. The number of nitrogens with zero attached hydrogens (tertiary/aromatic N) is 2. The van der Waals surface area contributed by atoms with Crippen LogP contribution in [0.5, 0.6) is 0 Å². The Balaban J connectivity index is 1.49. The number of hydrogen-bond donors (Lipinski definition) is 3. The molecule has 3 N–H and O–H groups in total. The lowest BCUT2D eigenvalue weighted by atomic mass is 9.94. The lowest BCUT2D eigenvalue weighted by Gasteiger charge is -2.23. The number of benzene rings is 2. The van der Waals surface area contributed by atoms with Gasteiger partial charge in [0.15, 0.2) is 0 Å². The predicted octanol–water partition coefficient (Wildman–Crippen LogP) is 2.64. The third-order valence-corrected chi connectivity index (χ3v) is 4.95. The second-order valence-corrected chi connectivity index (χ2v) is 7.00. The van der Waals surface area contributed by atoms with Crippen molar-refractivity contribution in [3.8, 4) is 0 Å². The Morgan fingerprint density at radius 1 is 1.27 bits per heavy atom. The summed E-state index contributed by atoms with van der Waals surface area (Å²) in [4.78, 5) is 22.5. The molecule has 134 valence electrons. The van der Waals surface area contributed by atoms with Crippen LogP contribution in [-0.4, -0.2) is 34.4 Å². The topological polar surface area (TPSA) is 73.0 Å². The highest BCUT2D eigenvalue weighted by molar-refractivity contribution is 6.31. The van der Waals surface area contributed by atoms with Crippen LogP contribution in [0, 0.1) is 5.92 Å². The summed E-state index contributed by atoms with van der Waals surface area (Å²) in [7, 11) is 1.81. The summed E-state index contributed by atoms with van der Waals surface area (Å²) in [6.07, 6.45) is 0. The lowest BCUT2D eigenvalue weighted by molar-refractivity contribution is -0.134. The first kappa shape index (κ1) is 17.0. The van der Waals surface area contributed by atoms with E-state index < -0.39 is 0 Å². The van der Waals surface area contributed by atoms with Gasteiger partial charge in [0.2, 0.25) is 5.91 Å². The monoisotopic (exact) mass is 369 g/mol. The van der Waals surface area contributed by atoms with Crippen molar-refractivity contribution in [1.29, 1.82) is 0 Å². The molecule has 0 bridgehead atoms. The molecule has 1 aromatic heterocycles. The zero-order valence-corrected chi connectivity index (χ0v) is 15.1. The minimum Gasteiger partial charge on any atom is -0.340 e. The maximum atomic E-state index is 13.0. The van der Waals surface area contributed by atoms with E-state index in [0.717, 1.165) is 22.4 Å². The Hall–Kier alpha value is -2.41. The average Bonchev–Trinajstić information content (AvgIpc) is 3.27. The smallest absolute Gasteiger partial charge is 0.229 e. The maximum absolute atomic E-state index is 13.0. The summed E-state index contributed by atoms with van der Waals surface area (Å²) >= 11 is 6.02. The summed E-state index contributed by atoms with van der Waals surface area (Å²) in [5, 5.41) is 0.658. The summed E-state index contributed by atoms with van der Waals surface area (Å²) < 4.78 is 0.